The number of anilines is 1. The second kappa shape index (κ2) is 8.55. The van der Waals surface area contributed by atoms with Gasteiger partial charge in [0, 0.05) is 32.0 Å². The van der Waals surface area contributed by atoms with Crippen LogP contribution in [0.25, 0.3) is 0 Å². The first-order chi connectivity index (χ1) is 13.4. The maximum Gasteiger partial charge on any atom is 0.256 e. The molecular formula is C19H22FN3O4S. The summed E-state index contributed by atoms with van der Waals surface area (Å²) in [6.45, 7) is 2.48. The summed E-state index contributed by atoms with van der Waals surface area (Å²) in [6.07, 6.45) is 2.49. The Morgan fingerprint density at radius 2 is 1.96 bits per heavy atom. The van der Waals surface area contributed by atoms with Gasteiger partial charge in [0.05, 0.1) is 23.2 Å². The fraction of sp³-hybridized carbons (Fsp3) is 0.368. The van der Waals surface area contributed by atoms with Crippen LogP contribution in [0.4, 0.5) is 10.1 Å². The zero-order valence-electron chi connectivity index (χ0n) is 15.5. The molecule has 150 valence electrons. The van der Waals surface area contributed by atoms with Gasteiger partial charge < -0.3 is 9.64 Å². The lowest BCUT2D eigenvalue weighted by Gasteiger charge is -2.32. The summed E-state index contributed by atoms with van der Waals surface area (Å²) in [4.78, 5) is 18.2. The molecule has 1 aliphatic rings. The van der Waals surface area contributed by atoms with Gasteiger partial charge in [0.1, 0.15) is 11.9 Å². The van der Waals surface area contributed by atoms with E-state index in [9.17, 15) is 17.6 Å². The number of nitrogens with zero attached hydrogens (tertiary/aromatic N) is 2. The van der Waals surface area contributed by atoms with Gasteiger partial charge in [-0.1, -0.05) is 12.1 Å². The van der Waals surface area contributed by atoms with Crippen molar-refractivity contribution >= 4 is 21.6 Å². The van der Waals surface area contributed by atoms with Gasteiger partial charge in [-0.15, -0.1) is 0 Å². The minimum absolute atomic E-state index is 0.0184. The number of aromatic nitrogens is 1. The number of piperidine rings is 1. The third-order valence-corrected chi connectivity index (χ3v) is 5.82. The molecular weight excluding hydrogens is 385 g/mol. The molecule has 1 amide bonds. The van der Waals surface area contributed by atoms with E-state index in [0.29, 0.717) is 37.5 Å². The molecule has 0 saturated carbocycles. The Hall–Kier alpha value is -2.68. The molecule has 1 aromatic heterocycles. The standard InChI is InChI=1S/C19H22FN3O4S/c1-2-28(25,26)22-14-7-8-18(21-13-14)27-15-9-11-23(12-10-15)19(24)16-5-3-4-6-17(16)20/h3-8,13,15,22H,2,9-12H2,1H3. The van der Waals surface area contributed by atoms with E-state index >= 15 is 0 Å². The van der Waals surface area contributed by atoms with E-state index in [2.05, 4.69) is 9.71 Å². The summed E-state index contributed by atoms with van der Waals surface area (Å²) in [7, 11) is -3.35. The van der Waals surface area contributed by atoms with Crippen LogP contribution in [0.1, 0.15) is 30.1 Å². The van der Waals surface area contributed by atoms with Crippen molar-refractivity contribution < 1.29 is 22.3 Å². The van der Waals surface area contributed by atoms with Crippen molar-refractivity contribution in [3.05, 3.63) is 54.0 Å². The Morgan fingerprint density at radius 1 is 1.25 bits per heavy atom. The number of amides is 1. The molecule has 3 rings (SSSR count). The number of halogens is 1. The van der Waals surface area contributed by atoms with Crippen LogP contribution in [0.5, 0.6) is 5.88 Å². The van der Waals surface area contributed by atoms with Crippen LogP contribution in [0.15, 0.2) is 42.6 Å². The van der Waals surface area contributed by atoms with Gasteiger partial charge in [0.2, 0.25) is 15.9 Å². The third-order valence-electron chi connectivity index (χ3n) is 4.51. The summed E-state index contributed by atoms with van der Waals surface area (Å²) in [6, 6.07) is 9.15. The first-order valence-corrected chi connectivity index (χ1v) is 10.7. The summed E-state index contributed by atoms with van der Waals surface area (Å²) < 4.78 is 45.1. The van der Waals surface area contributed by atoms with Crippen LogP contribution in [-0.4, -0.2) is 49.2 Å². The van der Waals surface area contributed by atoms with E-state index in [-0.39, 0.29) is 23.3 Å². The van der Waals surface area contributed by atoms with Crippen molar-refractivity contribution in [3.8, 4) is 5.88 Å². The first kappa shape index (κ1) is 20.1. The number of carbonyl (C=O) groups excluding carboxylic acids is 1. The van der Waals surface area contributed by atoms with Gasteiger partial charge in [-0.3, -0.25) is 9.52 Å². The maximum atomic E-state index is 13.8. The van der Waals surface area contributed by atoms with E-state index in [1.165, 1.54) is 18.3 Å². The summed E-state index contributed by atoms with van der Waals surface area (Å²) in [5.74, 6) is -0.468. The average Bonchev–Trinajstić information content (AvgIpc) is 2.70. The number of sulfonamides is 1. The molecule has 0 atom stereocenters. The Balaban J connectivity index is 1.53. The molecule has 0 radical (unpaired) electrons. The molecule has 28 heavy (non-hydrogen) atoms. The molecule has 0 aliphatic carbocycles. The Kier molecular flexibility index (Phi) is 6.13. The van der Waals surface area contributed by atoms with E-state index in [4.69, 9.17) is 4.74 Å². The predicted molar refractivity (Wildman–Crippen MR) is 103 cm³/mol. The fourth-order valence-corrected chi connectivity index (χ4v) is 3.54. The monoisotopic (exact) mass is 407 g/mol. The zero-order valence-corrected chi connectivity index (χ0v) is 16.3. The number of carbonyl (C=O) groups is 1. The zero-order chi connectivity index (χ0) is 20.1. The van der Waals surface area contributed by atoms with Crippen molar-refractivity contribution in [2.75, 3.05) is 23.6 Å². The molecule has 0 unspecified atom stereocenters. The molecule has 1 saturated heterocycles. The lowest BCUT2D eigenvalue weighted by atomic mass is 10.1. The normalized spacial score (nSPS) is 15.3. The van der Waals surface area contributed by atoms with Gasteiger partial charge in [-0.25, -0.2) is 17.8 Å². The summed E-state index contributed by atoms with van der Waals surface area (Å²) in [5.41, 5.74) is 0.452. The molecule has 1 fully saturated rings. The highest BCUT2D eigenvalue weighted by Crippen LogP contribution is 2.21. The SMILES string of the molecule is CCS(=O)(=O)Nc1ccc(OC2CCN(C(=O)c3ccccc3F)CC2)nc1. The van der Waals surface area contributed by atoms with Crippen molar-refractivity contribution in [3.63, 3.8) is 0 Å². The number of rotatable bonds is 6. The van der Waals surface area contributed by atoms with Crippen molar-refractivity contribution in [2.45, 2.75) is 25.9 Å². The Labute approximate surface area is 163 Å². The van der Waals surface area contributed by atoms with E-state index in [1.54, 1.807) is 36.1 Å². The second-order valence-corrected chi connectivity index (χ2v) is 8.49. The van der Waals surface area contributed by atoms with Crippen LogP contribution in [0.2, 0.25) is 0 Å². The first-order valence-electron chi connectivity index (χ1n) is 9.05. The van der Waals surface area contributed by atoms with E-state index in [0.717, 1.165) is 0 Å². The number of hydrogen-bond donors (Lipinski definition) is 1. The van der Waals surface area contributed by atoms with Gasteiger partial charge in [0.25, 0.3) is 5.91 Å². The van der Waals surface area contributed by atoms with Gasteiger partial charge in [-0.2, -0.15) is 0 Å². The maximum absolute atomic E-state index is 13.8. The smallest absolute Gasteiger partial charge is 0.256 e. The van der Waals surface area contributed by atoms with Crippen LogP contribution in [0, 0.1) is 5.82 Å². The quantitative estimate of drug-likeness (QED) is 0.795. The van der Waals surface area contributed by atoms with Gasteiger partial charge >= 0.3 is 0 Å². The number of nitrogens with one attached hydrogen (secondary N) is 1. The minimum Gasteiger partial charge on any atom is -0.474 e. The molecule has 0 spiro atoms. The second-order valence-electron chi connectivity index (χ2n) is 6.48. The van der Waals surface area contributed by atoms with Crippen LogP contribution in [0.3, 0.4) is 0 Å². The largest absolute Gasteiger partial charge is 0.474 e. The van der Waals surface area contributed by atoms with Crippen molar-refractivity contribution in [1.82, 2.24) is 9.88 Å². The highest BCUT2D eigenvalue weighted by molar-refractivity contribution is 7.92. The predicted octanol–water partition coefficient (Wildman–Crippen LogP) is 2.67. The van der Waals surface area contributed by atoms with Crippen LogP contribution < -0.4 is 9.46 Å². The van der Waals surface area contributed by atoms with Crippen molar-refractivity contribution in [1.29, 1.82) is 0 Å². The molecule has 1 aliphatic heterocycles. The molecule has 0 bridgehead atoms. The lowest BCUT2D eigenvalue weighted by molar-refractivity contribution is 0.0584. The number of hydrogen-bond acceptors (Lipinski definition) is 5. The van der Waals surface area contributed by atoms with E-state index in [1.807, 2.05) is 0 Å². The minimum atomic E-state index is -3.35. The Morgan fingerprint density at radius 3 is 2.57 bits per heavy atom. The molecule has 9 heteroatoms. The van der Waals surface area contributed by atoms with Gasteiger partial charge in [0.15, 0.2) is 0 Å². The third kappa shape index (κ3) is 4.98. The van der Waals surface area contributed by atoms with Gasteiger partial charge in [-0.05, 0) is 25.1 Å². The topological polar surface area (TPSA) is 88.6 Å². The highest BCUT2D eigenvalue weighted by atomic mass is 32.2. The summed E-state index contributed by atoms with van der Waals surface area (Å²) in [5, 5.41) is 0. The Bertz CT molecular complexity index is 926. The van der Waals surface area contributed by atoms with Crippen LogP contribution in [-0.2, 0) is 10.0 Å². The number of benzene rings is 1. The lowest BCUT2D eigenvalue weighted by Crippen LogP contribution is -2.42. The fourth-order valence-electron chi connectivity index (χ4n) is 2.91. The summed E-state index contributed by atoms with van der Waals surface area (Å²) >= 11 is 0. The number of likely N-dealkylation sites (tertiary alicyclic amines) is 1. The molecule has 7 nitrogen and oxygen atoms in total. The molecule has 2 aromatic rings. The van der Waals surface area contributed by atoms with Crippen LogP contribution >= 0.6 is 0 Å². The average molecular weight is 407 g/mol. The molecule has 2 heterocycles. The molecule has 1 aromatic carbocycles. The van der Waals surface area contributed by atoms with Crippen molar-refractivity contribution in [2.24, 2.45) is 0 Å². The highest BCUT2D eigenvalue weighted by Gasteiger charge is 2.26. The molecule has 1 N–H and O–H groups in total. The number of ether oxygens (including phenoxy) is 1. The number of pyridine rings is 1. The van der Waals surface area contributed by atoms with E-state index < -0.39 is 15.8 Å².